The number of hydrogen-bond acceptors (Lipinski definition) is 3. The Balaban J connectivity index is 4.51. The molecule has 16 heavy (non-hydrogen) atoms. The van der Waals surface area contributed by atoms with E-state index >= 15 is 0 Å². The second kappa shape index (κ2) is 5.84. The van der Waals surface area contributed by atoms with Crippen LogP contribution in [0.2, 0.25) is 0 Å². The zero-order valence-corrected chi connectivity index (χ0v) is 10.6. The molecule has 0 aliphatic carbocycles. The number of carbonyl (C=O) groups excluding carboxylic acids is 1. The number of carboxylic acids is 1. The van der Waals surface area contributed by atoms with E-state index in [9.17, 15) is 9.59 Å². The number of amides is 1. The topological polar surface area (TPSA) is 66.8 Å². The van der Waals surface area contributed by atoms with E-state index in [2.05, 4.69) is 0 Å². The van der Waals surface area contributed by atoms with Crippen LogP contribution in [-0.2, 0) is 14.3 Å². The number of rotatable bonds is 5. The normalized spacial score (nSPS) is 11.6. The van der Waals surface area contributed by atoms with E-state index < -0.39 is 11.5 Å². The summed E-state index contributed by atoms with van der Waals surface area (Å²) in [6.45, 7) is 8.65. The molecule has 0 saturated heterocycles. The van der Waals surface area contributed by atoms with Gasteiger partial charge in [-0.2, -0.15) is 0 Å². The van der Waals surface area contributed by atoms with Crippen molar-refractivity contribution in [1.29, 1.82) is 0 Å². The monoisotopic (exact) mass is 231 g/mol. The summed E-state index contributed by atoms with van der Waals surface area (Å²) in [7, 11) is 0. The molecule has 0 aromatic carbocycles. The molecule has 0 heterocycles. The van der Waals surface area contributed by atoms with Crippen LogP contribution in [0.25, 0.3) is 0 Å². The third-order valence-corrected chi connectivity index (χ3v) is 1.94. The molecular formula is C11H21NO4. The second-order valence-corrected chi connectivity index (χ2v) is 4.90. The van der Waals surface area contributed by atoms with Crippen LogP contribution in [0.1, 0.15) is 34.6 Å². The molecule has 94 valence electrons. The highest BCUT2D eigenvalue weighted by molar-refractivity contribution is 5.82. The number of aliphatic carboxylic acids is 1. The number of carbonyl (C=O) groups is 2. The Hall–Kier alpha value is -1.10. The minimum absolute atomic E-state index is 0.0457. The van der Waals surface area contributed by atoms with E-state index in [0.717, 1.165) is 0 Å². The first kappa shape index (κ1) is 14.9. The van der Waals surface area contributed by atoms with Crippen molar-refractivity contribution in [2.24, 2.45) is 0 Å². The van der Waals surface area contributed by atoms with Gasteiger partial charge in [0.15, 0.2) is 0 Å². The molecule has 0 unspecified atom stereocenters. The summed E-state index contributed by atoms with van der Waals surface area (Å²) in [5, 5.41) is 8.74. The standard InChI is InChI=1S/C11H21NO4/c1-8(2)16-7-9(13)12(6-10(14)15)11(3,4)5/h8H,6-7H2,1-5H3,(H,14,15). The first-order valence-electron chi connectivity index (χ1n) is 5.28. The van der Waals surface area contributed by atoms with Crippen LogP contribution in [0.3, 0.4) is 0 Å². The predicted octanol–water partition coefficient (Wildman–Crippen LogP) is 1.12. The molecule has 0 rings (SSSR count). The molecule has 5 nitrogen and oxygen atoms in total. The van der Waals surface area contributed by atoms with Crippen molar-refractivity contribution in [3.63, 3.8) is 0 Å². The maximum Gasteiger partial charge on any atom is 0.323 e. The van der Waals surface area contributed by atoms with Gasteiger partial charge in [0.05, 0.1) is 6.10 Å². The fourth-order valence-corrected chi connectivity index (χ4v) is 1.15. The third-order valence-electron chi connectivity index (χ3n) is 1.94. The fourth-order valence-electron chi connectivity index (χ4n) is 1.15. The lowest BCUT2D eigenvalue weighted by Crippen LogP contribution is -2.49. The Morgan fingerprint density at radius 1 is 1.31 bits per heavy atom. The summed E-state index contributed by atoms with van der Waals surface area (Å²) in [4.78, 5) is 23.7. The van der Waals surface area contributed by atoms with Crippen LogP contribution in [0.4, 0.5) is 0 Å². The molecule has 1 amide bonds. The zero-order chi connectivity index (χ0) is 12.9. The fraction of sp³-hybridized carbons (Fsp3) is 0.818. The Kier molecular flexibility index (Phi) is 5.44. The van der Waals surface area contributed by atoms with Crippen molar-refractivity contribution in [2.75, 3.05) is 13.2 Å². The molecule has 0 aliphatic rings. The molecule has 0 radical (unpaired) electrons. The smallest absolute Gasteiger partial charge is 0.323 e. The minimum Gasteiger partial charge on any atom is -0.480 e. The largest absolute Gasteiger partial charge is 0.480 e. The lowest BCUT2D eigenvalue weighted by molar-refractivity contribution is -0.151. The molecule has 0 fully saturated rings. The number of carboxylic acid groups (broad SMARTS) is 1. The van der Waals surface area contributed by atoms with Crippen molar-refractivity contribution in [2.45, 2.75) is 46.3 Å². The van der Waals surface area contributed by atoms with Crippen LogP contribution in [0, 0.1) is 0 Å². The first-order valence-corrected chi connectivity index (χ1v) is 5.28. The highest BCUT2D eigenvalue weighted by Crippen LogP contribution is 2.13. The highest BCUT2D eigenvalue weighted by Gasteiger charge is 2.28. The Bertz CT molecular complexity index is 255. The summed E-state index contributed by atoms with van der Waals surface area (Å²) in [6.07, 6.45) is -0.0457. The molecule has 0 bridgehead atoms. The SMILES string of the molecule is CC(C)OCC(=O)N(CC(=O)O)C(C)(C)C. The maximum absolute atomic E-state index is 11.8. The highest BCUT2D eigenvalue weighted by atomic mass is 16.5. The summed E-state index contributed by atoms with van der Waals surface area (Å²) < 4.78 is 5.18. The van der Waals surface area contributed by atoms with Gasteiger partial charge >= 0.3 is 5.97 Å². The van der Waals surface area contributed by atoms with Gasteiger partial charge in [0, 0.05) is 5.54 Å². The number of ether oxygens (including phenoxy) is 1. The number of nitrogens with zero attached hydrogens (tertiary/aromatic N) is 1. The lowest BCUT2D eigenvalue weighted by Gasteiger charge is -2.34. The molecule has 1 N–H and O–H groups in total. The minimum atomic E-state index is -1.02. The van der Waals surface area contributed by atoms with Crippen LogP contribution in [0.15, 0.2) is 0 Å². The summed E-state index contributed by atoms with van der Waals surface area (Å²) in [5.41, 5.74) is -0.518. The second-order valence-electron chi connectivity index (χ2n) is 4.90. The van der Waals surface area contributed by atoms with E-state index in [-0.39, 0.29) is 25.2 Å². The summed E-state index contributed by atoms with van der Waals surface area (Å²) >= 11 is 0. The summed E-state index contributed by atoms with van der Waals surface area (Å²) in [5.74, 6) is -1.32. The molecule has 0 aliphatic heterocycles. The van der Waals surface area contributed by atoms with Crippen LogP contribution < -0.4 is 0 Å². The van der Waals surface area contributed by atoms with Gasteiger partial charge in [0.2, 0.25) is 5.91 Å². The molecular weight excluding hydrogens is 210 g/mol. The van der Waals surface area contributed by atoms with Gasteiger partial charge < -0.3 is 14.7 Å². The van der Waals surface area contributed by atoms with Gasteiger partial charge in [-0.15, -0.1) is 0 Å². The van der Waals surface area contributed by atoms with Crippen molar-refractivity contribution < 1.29 is 19.4 Å². The first-order chi connectivity index (χ1) is 7.14. The van der Waals surface area contributed by atoms with E-state index in [0.29, 0.717) is 0 Å². The van der Waals surface area contributed by atoms with Crippen molar-refractivity contribution >= 4 is 11.9 Å². The van der Waals surface area contributed by atoms with Gasteiger partial charge in [-0.3, -0.25) is 9.59 Å². The number of hydrogen-bond donors (Lipinski definition) is 1. The van der Waals surface area contributed by atoms with Crippen LogP contribution in [0.5, 0.6) is 0 Å². The average molecular weight is 231 g/mol. The van der Waals surface area contributed by atoms with Gasteiger partial charge in [-0.25, -0.2) is 0 Å². The van der Waals surface area contributed by atoms with Gasteiger partial charge in [0.1, 0.15) is 13.2 Å². The van der Waals surface area contributed by atoms with Gasteiger partial charge in [0.25, 0.3) is 0 Å². The Labute approximate surface area is 96.4 Å². The molecule has 0 aromatic rings. The Morgan fingerprint density at radius 3 is 2.12 bits per heavy atom. The Morgan fingerprint density at radius 2 is 1.81 bits per heavy atom. The quantitative estimate of drug-likeness (QED) is 0.770. The van der Waals surface area contributed by atoms with E-state index in [4.69, 9.17) is 9.84 Å². The average Bonchev–Trinajstić information content (AvgIpc) is 2.08. The maximum atomic E-state index is 11.8. The van der Waals surface area contributed by atoms with E-state index in [1.54, 1.807) is 20.8 Å². The van der Waals surface area contributed by atoms with Crippen molar-refractivity contribution in [3.05, 3.63) is 0 Å². The van der Waals surface area contributed by atoms with Crippen LogP contribution in [-0.4, -0.2) is 46.7 Å². The molecule has 5 heteroatoms. The molecule has 0 aromatic heterocycles. The lowest BCUT2D eigenvalue weighted by atomic mass is 10.1. The predicted molar refractivity (Wildman–Crippen MR) is 60.2 cm³/mol. The van der Waals surface area contributed by atoms with Gasteiger partial charge in [-0.05, 0) is 34.6 Å². The molecule has 0 saturated carbocycles. The third kappa shape index (κ3) is 5.70. The van der Waals surface area contributed by atoms with Crippen molar-refractivity contribution in [1.82, 2.24) is 4.90 Å². The molecule has 0 atom stereocenters. The van der Waals surface area contributed by atoms with Gasteiger partial charge in [-0.1, -0.05) is 0 Å². The van der Waals surface area contributed by atoms with E-state index in [1.165, 1.54) is 4.90 Å². The van der Waals surface area contributed by atoms with Crippen molar-refractivity contribution in [3.8, 4) is 0 Å². The van der Waals surface area contributed by atoms with Crippen LogP contribution >= 0.6 is 0 Å². The summed E-state index contributed by atoms with van der Waals surface area (Å²) in [6, 6.07) is 0. The van der Waals surface area contributed by atoms with E-state index in [1.807, 2.05) is 13.8 Å². The zero-order valence-electron chi connectivity index (χ0n) is 10.6. The molecule has 0 spiro atoms.